The fourth-order valence-corrected chi connectivity index (χ4v) is 2.29. The van der Waals surface area contributed by atoms with E-state index in [2.05, 4.69) is 0 Å². The zero-order chi connectivity index (χ0) is 11.2. The monoisotopic (exact) mass is 211 g/mol. The second-order valence-corrected chi connectivity index (χ2v) is 5.33. The number of hydrogen-bond acceptors (Lipinski definition) is 3. The Morgan fingerprint density at radius 1 is 1.40 bits per heavy atom. The molecule has 1 saturated heterocycles. The number of piperidine rings is 1. The molecule has 0 spiro atoms. The lowest BCUT2D eigenvalue weighted by molar-refractivity contribution is -0.120. The molecule has 1 amide bonds. The predicted molar refractivity (Wildman–Crippen MR) is 54.5 cm³/mol. The van der Waals surface area contributed by atoms with Crippen molar-refractivity contribution in [1.29, 1.82) is 0 Å². The van der Waals surface area contributed by atoms with Crippen molar-refractivity contribution in [2.24, 2.45) is 5.92 Å². The summed E-state index contributed by atoms with van der Waals surface area (Å²) in [4.78, 5) is 24.9. The van der Waals surface area contributed by atoms with Crippen LogP contribution in [0.4, 0.5) is 4.79 Å². The second-order valence-electron chi connectivity index (χ2n) is 5.33. The van der Waals surface area contributed by atoms with Crippen LogP contribution in [0.1, 0.15) is 33.6 Å². The van der Waals surface area contributed by atoms with Crippen LogP contribution in [0, 0.1) is 5.92 Å². The first-order valence-electron chi connectivity index (χ1n) is 5.42. The smallest absolute Gasteiger partial charge is 0.410 e. The van der Waals surface area contributed by atoms with E-state index in [1.54, 1.807) is 4.90 Å². The molecule has 2 fully saturated rings. The molecule has 4 nitrogen and oxygen atoms in total. The molecule has 0 radical (unpaired) electrons. The van der Waals surface area contributed by atoms with E-state index in [0.29, 0.717) is 6.54 Å². The van der Waals surface area contributed by atoms with E-state index >= 15 is 0 Å². The van der Waals surface area contributed by atoms with E-state index in [4.69, 9.17) is 4.74 Å². The first-order chi connectivity index (χ1) is 6.88. The normalized spacial score (nSPS) is 29.8. The zero-order valence-corrected chi connectivity index (χ0v) is 9.45. The van der Waals surface area contributed by atoms with Crippen LogP contribution in [-0.4, -0.2) is 35.0 Å². The van der Waals surface area contributed by atoms with Gasteiger partial charge in [-0.3, -0.25) is 9.69 Å². The molecule has 1 saturated carbocycles. The van der Waals surface area contributed by atoms with Gasteiger partial charge in [-0.25, -0.2) is 4.79 Å². The summed E-state index contributed by atoms with van der Waals surface area (Å²) in [5, 5.41) is 0. The van der Waals surface area contributed by atoms with Crippen molar-refractivity contribution in [3.8, 4) is 0 Å². The van der Waals surface area contributed by atoms with Crippen molar-refractivity contribution >= 4 is 11.9 Å². The molecular weight excluding hydrogens is 194 g/mol. The van der Waals surface area contributed by atoms with Gasteiger partial charge in [0.2, 0.25) is 0 Å². The van der Waals surface area contributed by atoms with Crippen molar-refractivity contribution in [3.63, 3.8) is 0 Å². The van der Waals surface area contributed by atoms with Gasteiger partial charge in [0, 0.05) is 12.5 Å². The first kappa shape index (κ1) is 10.5. The summed E-state index contributed by atoms with van der Waals surface area (Å²) in [6.45, 7) is 6.06. The SMILES string of the molecule is CC(C)(C)OC(=O)N1C[C@H]2CC[C@@H]1C2=O. The highest BCUT2D eigenvalue weighted by molar-refractivity contribution is 5.94. The predicted octanol–water partition coefficient (Wildman–Crippen LogP) is 1.58. The number of fused-ring (bicyclic) bond motifs is 2. The van der Waals surface area contributed by atoms with E-state index in [-0.39, 0.29) is 23.8 Å². The van der Waals surface area contributed by atoms with Gasteiger partial charge in [-0.1, -0.05) is 0 Å². The molecule has 0 aromatic heterocycles. The van der Waals surface area contributed by atoms with Gasteiger partial charge in [-0.2, -0.15) is 0 Å². The minimum Gasteiger partial charge on any atom is -0.444 e. The zero-order valence-electron chi connectivity index (χ0n) is 9.45. The Hall–Kier alpha value is -1.06. The summed E-state index contributed by atoms with van der Waals surface area (Å²) in [5.74, 6) is 0.295. The number of likely N-dealkylation sites (tertiary alicyclic amines) is 1. The number of hydrogen-bond donors (Lipinski definition) is 0. The first-order valence-corrected chi connectivity index (χ1v) is 5.42. The van der Waals surface area contributed by atoms with Gasteiger partial charge >= 0.3 is 6.09 Å². The van der Waals surface area contributed by atoms with E-state index in [1.807, 2.05) is 20.8 Å². The summed E-state index contributed by atoms with van der Waals surface area (Å²) in [6.07, 6.45) is 1.40. The molecular formula is C11H17NO3. The molecule has 0 N–H and O–H groups in total. The average molecular weight is 211 g/mol. The van der Waals surface area contributed by atoms with Crippen LogP contribution in [0.3, 0.4) is 0 Å². The number of amides is 1. The van der Waals surface area contributed by atoms with Crippen LogP contribution < -0.4 is 0 Å². The Labute approximate surface area is 89.6 Å². The maximum atomic E-state index is 11.7. The summed E-state index contributed by atoms with van der Waals surface area (Å²) in [7, 11) is 0. The molecule has 0 aromatic carbocycles. The Morgan fingerprint density at radius 3 is 2.47 bits per heavy atom. The van der Waals surface area contributed by atoms with Gasteiger partial charge in [-0.15, -0.1) is 0 Å². The number of Topliss-reactive ketones (excluding diaryl/α,β-unsaturated/α-hetero) is 1. The van der Waals surface area contributed by atoms with Crippen molar-refractivity contribution in [3.05, 3.63) is 0 Å². The standard InChI is InChI=1S/C11H17NO3/c1-11(2,3)15-10(14)12-6-7-4-5-8(12)9(7)13/h7-8H,4-6H2,1-3H3/t7-,8-/m1/s1. The number of carbonyl (C=O) groups is 2. The Kier molecular flexibility index (Phi) is 2.24. The van der Waals surface area contributed by atoms with Gasteiger partial charge < -0.3 is 4.74 Å². The lowest BCUT2D eigenvalue weighted by atomic mass is 10.1. The lowest BCUT2D eigenvalue weighted by Gasteiger charge is -2.29. The number of carbonyl (C=O) groups excluding carboxylic acids is 2. The van der Waals surface area contributed by atoms with Crippen LogP contribution in [0.2, 0.25) is 0 Å². The van der Waals surface area contributed by atoms with Crippen LogP contribution in [0.5, 0.6) is 0 Å². The third kappa shape index (κ3) is 1.85. The fourth-order valence-electron chi connectivity index (χ4n) is 2.29. The second kappa shape index (κ2) is 3.22. The van der Waals surface area contributed by atoms with Crippen LogP contribution in [0.25, 0.3) is 0 Å². The minimum absolute atomic E-state index is 0.0718. The van der Waals surface area contributed by atoms with Crippen LogP contribution in [-0.2, 0) is 9.53 Å². The van der Waals surface area contributed by atoms with Crippen molar-refractivity contribution < 1.29 is 14.3 Å². The third-order valence-electron chi connectivity index (χ3n) is 2.94. The summed E-state index contributed by atoms with van der Waals surface area (Å²) in [5.41, 5.74) is -0.484. The van der Waals surface area contributed by atoms with Gasteiger partial charge in [-0.05, 0) is 33.6 Å². The quantitative estimate of drug-likeness (QED) is 0.611. The van der Waals surface area contributed by atoms with Crippen LogP contribution >= 0.6 is 0 Å². The fraction of sp³-hybridized carbons (Fsp3) is 0.818. The topological polar surface area (TPSA) is 46.6 Å². The van der Waals surface area contributed by atoms with E-state index in [0.717, 1.165) is 12.8 Å². The Bertz CT molecular complexity index is 305. The highest BCUT2D eigenvalue weighted by Gasteiger charge is 2.48. The number of ketones is 1. The maximum Gasteiger partial charge on any atom is 0.410 e. The molecule has 1 aliphatic carbocycles. The minimum atomic E-state index is -0.484. The van der Waals surface area contributed by atoms with Crippen molar-refractivity contribution in [2.75, 3.05) is 6.54 Å². The molecule has 2 bridgehead atoms. The van der Waals surface area contributed by atoms with Crippen LogP contribution in [0.15, 0.2) is 0 Å². The van der Waals surface area contributed by atoms with E-state index in [1.165, 1.54) is 0 Å². The maximum absolute atomic E-state index is 11.7. The molecule has 2 aliphatic rings. The summed E-state index contributed by atoms with van der Waals surface area (Å²) >= 11 is 0. The van der Waals surface area contributed by atoms with Crippen molar-refractivity contribution in [2.45, 2.75) is 45.3 Å². The van der Waals surface area contributed by atoms with Gasteiger partial charge in [0.1, 0.15) is 5.60 Å². The lowest BCUT2D eigenvalue weighted by Crippen LogP contribution is -2.42. The molecule has 2 atom stereocenters. The highest BCUT2D eigenvalue weighted by atomic mass is 16.6. The Balaban J connectivity index is 2.02. The Morgan fingerprint density at radius 2 is 2.07 bits per heavy atom. The molecule has 1 aliphatic heterocycles. The third-order valence-corrected chi connectivity index (χ3v) is 2.94. The van der Waals surface area contributed by atoms with Gasteiger partial charge in [0.15, 0.2) is 5.78 Å². The molecule has 0 unspecified atom stereocenters. The van der Waals surface area contributed by atoms with E-state index < -0.39 is 5.60 Å². The van der Waals surface area contributed by atoms with Gasteiger partial charge in [0.25, 0.3) is 0 Å². The van der Waals surface area contributed by atoms with Crippen molar-refractivity contribution in [1.82, 2.24) is 4.90 Å². The number of rotatable bonds is 0. The molecule has 0 aromatic rings. The number of ether oxygens (including phenoxy) is 1. The summed E-state index contributed by atoms with van der Waals surface area (Å²) in [6, 6.07) is -0.204. The highest BCUT2D eigenvalue weighted by Crippen LogP contribution is 2.35. The number of nitrogens with zero attached hydrogens (tertiary/aromatic N) is 1. The molecule has 1 heterocycles. The van der Waals surface area contributed by atoms with E-state index in [9.17, 15) is 9.59 Å². The average Bonchev–Trinajstić information content (AvgIpc) is 2.59. The largest absolute Gasteiger partial charge is 0.444 e. The molecule has 2 rings (SSSR count). The summed E-state index contributed by atoms with van der Waals surface area (Å²) < 4.78 is 5.26. The van der Waals surface area contributed by atoms with Gasteiger partial charge in [0.05, 0.1) is 6.04 Å². The molecule has 15 heavy (non-hydrogen) atoms. The molecule has 84 valence electrons. The molecule has 4 heteroatoms.